The fourth-order valence-electron chi connectivity index (χ4n) is 2.97. The average Bonchev–Trinajstić information content (AvgIpc) is 2.51. The summed E-state index contributed by atoms with van der Waals surface area (Å²) < 4.78 is 0. The molecule has 106 valence electrons. The molecule has 3 rings (SSSR count). The molecule has 0 fully saturated rings. The number of hydrogen-bond donors (Lipinski definition) is 0. The fourth-order valence-corrected chi connectivity index (χ4v) is 2.97. The minimum atomic E-state index is 1.23. The van der Waals surface area contributed by atoms with Crippen LogP contribution in [0.4, 0.5) is 11.4 Å². The first kappa shape index (κ1) is 13.7. The molecule has 0 amide bonds. The van der Waals surface area contributed by atoms with E-state index in [0.717, 1.165) is 0 Å². The van der Waals surface area contributed by atoms with E-state index in [2.05, 4.69) is 87.3 Å². The molecule has 0 aromatic heterocycles. The molecule has 0 heterocycles. The highest BCUT2D eigenvalue weighted by molar-refractivity contribution is 5.87. The molecule has 0 aliphatic carbocycles. The normalized spacial score (nSPS) is 10.9. The van der Waals surface area contributed by atoms with E-state index in [1.54, 1.807) is 0 Å². The molecule has 0 N–H and O–H groups in total. The maximum Gasteiger partial charge on any atom is 0.0470 e. The van der Waals surface area contributed by atoms with E-state index < -0.39 is 0 Å². The van der Waals surface area contributed by atoms with Crippen LogP contribution in [0.2, 0.25) is 0 Å². The number of nitrogens with zero attached hydrogens (tertiary/aromatic N) is 1. The summed E-state index contributed by atoms with van der Waals surface area (Å²) in [5, 5.41) is 2.57. The number of anilines is 2. The third-order valence-electron chi connectivity index (χ3n) is 4.36. The third kappa shape index (κ3) is 2.40. The Morgan fingerprint density at radius 2 is 1.38 bits per heavy atom. The summed E-state index contributed by atoms with van der Waals surface area (Å²) in [5.74, 6) is 0. The minimum Gasteiger partial charge on any atom is -0.344 e. The first-order valence-electron chi connectivity index (χ1n) is 7.37. The van der Waals surface area contributed by atoms with E-state index in [0.29, 0.717) is 0 Å². The second kappa shape index (κ2) is 5.25. The Balaban J connectivity index is 2.12. The quantitative estimate of drug-likeness (QED) is 0.594. The molecule has 0 bridgehead atoms. The zero-order chi connectivity index (χ0) is 15.0. The van der Waals surface area contributed by atoms with Crippen LogP contribution in [0.1, 0.15) is 16.7 Å². The van der Waals surface area contributed by atoms with Crippen molar-refractivity contribution in [1.29, 1.82) is 0 Å². The van der Waals surface area contributed by atoms with Gasteiger partial charge in [0.25, 0.3) is 0 Å². The van der Waals surface area contributed by atoms with Gasteiger partial charge in [-0.25, -0.2) is 0 Å². The molecule has 1 heteroatoms. The van der Waals surface area contributed by atoms with Crippen molar-refractivity contribution in [3.05, 3.63) is 71.3 Å². The topological polar surface area (TPSA) is 3.24 Å². The second-order valence-electron chi connectivity index (χ2n) is 5.76. The summed E-state index contributed by atoms with van der Waals surface area (Å²) in [7, 11) is 2.15. The lowest BCUT2D eigenvalue weighted by molar-refractivity contribution is 1.15. The van der Waals surface area contributed by atoms with Gasteiger partial charge in [-0.05, 0) is 60.4 Å². The Morgan fingerprint density at radius 3 is 2.14 bits per heavy atom. The van der Waals surface area contributed by atoms with E-state index in [1.807, 2.05) is 0 Å². The van der Waals surface area contributed by atoms with Crippen LogP contribution in [0.15, 0.2) is 54.6 Å². The van der Waals surface area contributed by atoms with Gasteiger partial charge in [0.15, 0.2) is 0 Å². The van der Waals surface area contributed by atoms with Gasteiger partial charge in [0.05, 0.1) is 0 Å². The predicted molar refractivity (Wildman–Crippen MR) is 92.7 cm³/mol. The van der Waals surface area contributed by atoms with Crippen molar-refractivity contribution >= 4 is 22.1 Å². The van der Waals surface area contributed by atoms with Crippen molar-refractivity contribution in [2.24, 2.45) is 0 Å². The first-order valence-corrected chi connectivity index (χ1v) is 7.37. The van der Waals surface area contributed by atoms with Crippen LogP contribution in [0.5, 0.6) is 0 Å². The standard InChI is InChI=1S/C20H21N/c1-14-9-10-15(2)20(16(14)3)21(4)19-12-11-17-7-5-6-8-18(17)13-19/h5-13H,1-4H3. The van der Waals surface area contributed by atoms with Gasteiger partial charge in [0.1, 0.15) is 0 Å². The molecule has 0 atom stereocenters. The number of fused-ring (bicyclic) bond motifs is 1. The van der Waals surface area contributed by atoms with Crippen molar-refractivity contribution in [3.8, 4) is 0 Å². The lowest BCUT2D eigenvalue weighted by atomic mass is 10.0. The van der Waals surface area contributed by atoms with E-state index in [4.69, 9.17) is 0 Å². The summed E-state index contributed by atoms with van der Waals surface area (Å²) in [4.78, 5) is 2.30. The maximum absolute atomic E-state index is 2.30. The van der Waals surface area contributed by atoms with Crippen molar-refractivity contribution in [2.45, 2.75) is 20.8 Å². The summed E-state index contributed by atoms with van der Waals surface area (Å²) in [6, 6.07) is 19.6. The van der Waals surface area contributed by atoms with Gasteiger partial charge in [-0.3, -0.25) is 0 Å². The molecular weight excluding hydrogens is 254 g/mol. The lowest BCUT2D eigenvalue weighted by Crippen LogP contribution is -2.13. The average molecular weight is 275 g/mol. The van der Waals surface area contributed by atoms with Crippen LogP contribution in [-0.2, 0) is 0 Å². The summed E-state index contributed by atoms with van der Waals surface area (Å²) in [5.41, 5.74) is 6.54. The smallest absolute Gasteiger partial charge is 0.0470 e. The van der Waals surface area contributed by atoms with Crippen molar-refractivity contribution < 1.29 is 0 Å². The zero-order valence-corrected chi connectivity index (χ0v) is 13.1. The summed E-state index contributed by atoms with van der Waals surface area (Å²) in [6.45, 7) is 6.56. The number of hydrogen-bond acceptors (Lipinski definition) is 1. The Bertz CT molecular complexity index is 802. The Labute approximate surface area is 126 Å². The Kier molecular flexibility index (Phi) is 3.42. The zero-order valence-electron chi connectivity index (χ0n) is 13.1. The number of benzene rings is 3. The van der Waals surface area contributed by atoms with Gasteiger partial charge < -0.3 is 4.90 Å². The molecule has 21 heavy (non-hydrogen) atoms. The van der Waals surface area contributed by atoms with Gasteiger partial charge >= 0.3 is 0 Å². The van der Waals surface area contributed by atoms with Gasteiger partial charge in [0, 0.05) is 18.4 Å². The maximum atomic E-state index is 2.30. The molecular formula is C20H21N. The van der Waals surface area contributed by atoms with Gasteiger partial charge in [-0.1, -0.05) is 42.5 Å². The van der Waals surface area contributed by atoms with Crippen molar-refractivity contribution in [3.63, 3.8) is 0 Å². The van der Waals surface area contributed by atoms with Gasteiger partial charge in [0.2, 0.25) is 0 Å². The molecule has 0 aliphatic rings. The minimum absolute atomic E-state index is 1.23. The molecule has 0 aliphatic heterocycles. The molecule has 0 radical (unpaired) electrons. The van der Waals surface area contributed by atoms with Crippen LogP contribution < -0.4 is 4.90 Å². The molecule has 0 spiro atoms. The molecule has 3 aromatic carbocycles. The highest BCUT2D eigenvalue weighted by Crippen LogP contribution is 2.33. The monoisotopic (exact) mass is 275 g/mol. The van der Waals surface area contributed by atoms with Crippen molar-refractivity contribution in [1.82, 2.24) is 0 Å². The number of aryl methyl sites for hydroxylation is 2. The number of rotatable bonds is 2. The molecule has 3 aromatic rings. The van der Waals surface area contributed by atoms with Crippen LogP contribution >= 0.6 is 0 Å². The SMILES string of the molecule is Cc1ccc(C)c(N(C)c2ccc3ccccc3c2)c1C. The van der Waals surface area contributed by atoms with Crippen molar-refractivity contribution in [2.75, 3.05) is 11.9 Å². The largest absolute Gasteiger partial charge is 0.344 e. The predicted octanol–water partition coefficient (Wildman–Crippen LogP) is 5.53. The molecule has 1 nitrogen and oxygen atoms in total. The second-order valence-corrected chi connectivity index (χ2v) is 5.76. The highest BCUT2D eigenvalue weighted by Gasteiger charge is 2.11. The molecule has 0 saturated heterocycles. The van der Waals surface area contributed by atoms with Gasteiger partial charge in [-0.2, -0.15) is 0 Å². The van der Waals surface area contributed by atoms with E-state index in [9.17, 15) is 0 Å². The fraction of sp³-hybridized carbons (Fsp3) is 0.200. The van der Waals surface area contributed by atoms with Crippen LogP contribution in [-0.4, -0.2) is 7.05 Å². The summed E-state index contributed by atoms with van der Waals surface area (Å²) >= 11 is 0. The Hall–Kier alpha value is -2.28. The van der Waals surface area contributed by atoms with Crippen LogP contribution in [0, 0.1) is 20.8 Å². The third-order valence-corrected chi connectivity index (χ3v) is 4.36. The molecule has 0 saturated carbocycles. The first-order chi connectivity index (χ1) is 10.1. The summed E-state index contributed by atoms with van der Waals surface area (Å²) in [6.07, 6.45) is 0. The van der Waals surface area contributed by atoms with E-state index in [-0.39, 0.29) is 0 Å². The van der Waals surface area contributed by atoms with E-state index >= 15 is 0 Å². The van der Waals surface area contributed by atoms with E-state index in [1.165, 1.54) is 38.8 Å². The van der Waals surface area contributed by atoms with Crippen LogP contribution in [0.3, 0.4) is 0 Å². The van der Waals surface area contributed by atoms with Crippen LogP contribution in [0.25, 0.3) is 10.8 Å². The molecule has 0 unspecified atom stereocenters. The highest BCUT2D eigenvalue weighted by atomic mass is 15.1. The lowest BCUT2D eigenvalue weighted by Gasteiger charge is -2.25. The van der Waals surface area contributed by atoms with Gasteiger partial charge in [-0.15, -0.1) is 0 Å². The Morgan fingerprint density at radius 1 is 0.714 bits per heavy atom.